The van der Waals surface area contributed by atoms with E-state index in [2.05, 4.69) is 10.6 Å². The van der Waals surface area contributed by atoms with Crippen molar-refractivity contribution in [1.82, 2.24) is 5.32 Å². The number of methoxy groups -OCH3 is 2. The third-order valence-electron chi connectivity index (χ3n) is 6.47. The first-order valence-electron chi connectivity index (χ1n) is 12.1. The first-order valence-corrected chi connectivity index (χ1v) is 12.1. The van der Waals surface area contributed by atoms with Gasteiger partial charge >= 0.3 is 0 Å². The van der Waals surface area contributed by atoms with Crippen LogP contribution in [0.15, 0.2) is 71.7 Å². The van der Waals surface area contributed by atoms with Crippen LogP contribution in [0.1, 0.15) is 30.9 Å². The highest BCUT2D eigenvalue weighted by Crippen LogP contribution is 2.42. The van der Waals surface area contributed by atoms with Gasteiger partial charge in [-0.3, -0.25) is 14.6 Å². The van der Waals surface area contributed by atoms with E-state index < -0.39 is 5.92 Å². The van der Waals surface area contributed by atoms with Gasteiger partial charge in [-0.1, -0.05) is 30.3 Å². The van der Waals surface area contributed by atoms with Crippen LogP contribution in [-0.4, -0.2) is 51.4 Å². The van der Waals surface area contributed by atoms with Crippen molar-refractivity contribution >= 4 is 34.6 Å². The fraction of sp³-hybridized carbons (Fsp3) is 0.276. The fourth-order valence-corrected chi connectivity index (χ4v) is 4.39. The molecular weight excluding hydrogens is 468 g/mol. The zero-order valence-electron chi connectivity index (χ0n) is 21.7. The summed E-state index contributed by atoms with van der Waals surface area (Å²) >= 11 is 0. The van der Waals surface area contributed by atoms with Crippen LogP contribution in [0, 0.1) is 0 Å². The molecule has 1 aliphatic heterocycles. The molecule has 1 aliphatic rings. The van der Waals surface area contributed by atoms with E-state index in [1.807, 2.05) is 74.6 Å². The van der Waals surface area contributed by atoms with Crippen molar-refractivity contribution in [1.29, 1.82) is 0 Å². The van der Waals surface area contributed by atoms with Crippen molar-refractivity contribution < 1.29 is 19.1 Å². The number of anilines is 2. The van der Waals surface area contributed by atoms with Crippen LogP contribution in [0.2, 0.25) is 0 Å². The molecule has 0 aromatic heterocycles. The number of benzene rings is 3. The van der Waals surface area contributed by atoms with Crippen LogP contribution in [-0.2, 0) is 9.59 Å². The Kier molecular flexibility index (Phi) is 7.89. The molecule has 0 aliphatic carbocycles. The molecule has 3 aromatic carbocycles. The zero-order valence-corrected chi connectivity index (χ0v) is 21.7. The van der Waals surface area contributed by atoms with Gasteiger partial charge in [0.1, 0.15) is 5.92 Å². The minimum absolute atomic E-state index is 0.0352. The van der Waals surface area contributed by atoms with Crippen LogP contribution in [0.4, 0.5) is 17.1 Å². The number of nitrogens with zero attached hydrogens (tertiary/aromatic N) is 2. The quantitative estimate of drug-likeness (QED) is 0.422. The summed E-state index contributed by atoms with van der Waals surface area (Å²) < 4.78 is 10.9. The van der Waals surface area contributed by atoms with Crippen molar-refractivity contribution in [2.45, 2.75) is 25.8 Å². The molecule has 2 atom stereocenters. The summed E-state index contributed by atoms with van der Waals surface area (Å²) in [5, 5.41) is 6.13. The lowest BCUT2D eigenvalue weighted by Crippen LogP contribution is -2.40. The van der Waals surface area contributed by atoms with Crippen molar-refractivity contribution in [3.63, 3.8) is 0 Å². The first-order chi connectivity index (χ1) is 17.9. The van der Waals surface area contributed by atoms with Crippen LogP contribution in [0.3, 0.4) is 0 Å². The topological polar surface area (TPSA) is 92.3 Å². The van der Waals surface area contributed by atoms with Crippen molar-refractivity contribution in [2.24, 2.45) is 4.99 Å². The number of hydrogen-bond donors (Lipinski definition) is 2. The molecule has 0 radical (unpaired) electrons. The molecule has 192 valence electrons. The van der Waals surface area contributed by atoms with Gasteiger partial charge in [0.25, 0.3) is 0 Å². The Morgan fingerprint density at radius 2 is 1.70 bits per heavy atom. The summed E-state index contributed by atoms with van der Waals surface area (Å²) in [5.41, 5.74) is 4.35. The number of amides is 2. The molecule has 2 amide bonds. The number of nitrogens with one attached hydrogen (secondary N) is 2. The summed E-state index contributed by atoms with van der Waals surface area (Å²) in [7, 11) is 5.00. The molecule has 8 heteroatoms. The molecule has 3 aromatic rings. The molecule has 0 bridgehead atoms. The van der Waals surface area contributed by atoms with E-state index in [1.165, 1.54) is 0 Å². The second-order valence-corrected chi connectivity index (χ2v) is 8.92. The summed E-state index contributed by atoms with van der Waals surface area (Å²) in [5.74, 6) is 0.237. The molecule has 0 spiro atoms. The van der Waals surface area contributed by atoms with Gasteiger partial charge in [0.15, 0.2) is 11.5 Å². The second kappa shape index (κ2) is 11.3. The average molecular weight is 501 g/mol. The Labute approximate surface area is 217 Å². The highest BCUT2D eigenvalue weighted by atomic mass is 16.5. The third kappa shape index (κ3) is 5.49. The maximum absolute atomic E-state index is 13.3. The van der Waals surface area contributed by atoms with Crippen molar-refractivity contribution in [3.05, 3.63) is 77.9 Å². The van der Waals surface area contributed by atoms with Gasteiger partial charge in [-0.05, 0) is 55.4 Å². The van der Waals surface area contributed by atoms with Gasteiger partial charge in [-0.25, -0.2) is 0 Å². The number of likely N-dealkylation sites (N-methyl/N-ethyl adjacent to an activating group) is 1. The van der Waals surface area contributed by atoms with E-state index in [4.69, 9.17) is 14.5 Å². The molecule has 0 fully saturated rings. The number of carbonyl (C=O) groups excluding carboxylic acids is 2. The van der Waals surface area contributed by atoms with E-state index in [0.29, 0.717) is 35.1 Å². The fourth-order valence-electron chi connectivity index (χ4n) is 4.39. The van der Waals surface area contributed by atoms with Gasteiger partial charge in [-0.2, -0.15) is 0 Å². The third-order valence-corrected chi connectivity index (χ3v) is 6.47. The van der Waals surface area contributed by atoms with Gasteiger partial charge in [0.05, 0.1) is 25.6 Å². The summed E-state index contributed by atoms with van der Waals surface area (Å²) in [6, 6.07) is 20.9. The summed E-state index contributed by atoms with van der Waals surface area (Å²) in [6.45, 7) is 4.13. The Morgan fingerprint density at radius 3 is 2.30 bits per heavy atom. The highest BCUT2D eigenvalue weighted by Gasteiger charge is 2.36. The van der Waals surface area contributed by atoms with Gasteiger partial charge in [-0.15, -0.1) is 0 Å². The van der Waals surface area contributed by atoms with E-state index >= 15 is 0 Å². The number of carbonyl (C=O) groups is 2. The lowest BCUT2D eigenvalue weighted by Gasteiger charge is -2.24. The average Bonchev–Trinajstić information content (AvgIpc) is 3.24. The van der Waals surface area contributed by atoms with Crippen LogP contribution < -0.4 is 25.0 Å². The number of fused-ring (bicyclic) bond motifs is 1. The van der Waals surface area contributed by atoms with E-state index in [-0.39, 0.29) is 17.9 Å². The van der Waals surface area contributed by atoms with Crippen LogP contribution >= 0.6 is 0 Å². The summed E-state index contributed by atoms with van der Waals surface area (Å²) in [6.07, 6.45) is 0. The van der Waals surface area contributed by atoms with Crippen molar-refractivity contribution in [2.75, 3.05) is 38.0 Å². The molecule has 8 nitrogen and oxygen atoms in total. The Morgan fingerprint density at radius 1 is 1.05 bits per heavy atom. The standard InChI is InChI=1S/C29H32N4O4/c1-18(30-3)17-33(19(2)34)22-13-11-21(12-14-22)31-28(20-9-7-6-8-10-20)27-23-15-25(36-4)26(37-5)16-24(23)32-29(27)35/h6-16,18,27,30H,17H2,1-5H3,(H,32,35). The Bertz CT molecular complexity index is 1310. The van der Waals surface area contributed by atoms with Crippen LogP contribution in [0.5, 0.6) is 11.5 Å². The number of hydrogen-bond acceptors (Lipinski definition) is 6. The number of ether oxygens (including phenoxy) is 2. The van der Waals surface area contributed by atoms with Gasteiger partial charge in [0.2, 0.25) is 11.8 Å². The minimum atomic E-state index is -0.637. The largest absolute Gasteiger partial charge is 0.493 e. The molecule has 2 unspecified atom stereocenters. The maximum Gasteiger partial charge on any atom is 0.238 e. The lowest BCUT2D eigenvalue weighted by molar-refractivity contribution is -0.117. The normalized spacial score (nSPS) is 15.5. The zero-order chi connectivity index (χ0) is 26.5. The lowest BCUT2D eigenvalue weighted by atomic mass is 9.90. The molecule has 0 saturated carbocycles. The molecular formula is C29H32N4O4. The first kappa shape index (κ1) is 25.9. The molecule has 1 heterocycles. The summed E-state index contributed by atoms with van der Waals surface area (Å²) in [4.78, 5) is 32.2. The van der Waals surface area contributed by atoms with Crippen LogP contribution in [0.25, 0.3) is 0 Å². The molecule has 37 heavy (non-hydrogen) atoms. The number of aliphatic imine (C=N–C) groups is 1. The SMILES string of the molecule is CNC(C)CN(C(C)=O)c1ccc(N=C(c2ccccc2)C2C(=O)Nc3cc(OC)c(OC)cc32)cc1. The number of rotatable bonds is 9. The van der Waals surface area contributed by atoms with E-state index in [0.717, 1.165) is 16.8 Å². The minimum Gasteiger partial charge on any atom is -0.493 e. The Balaban J connectivity index is 1.76. The van der Waals surface area contributed by atoms with Gasteiger partial charge < -0.3 is 25.0 Å². The molecule has 0 saturated heterocycles. The molecule has 2 N–H and O–H groups in total. The Hall–Kier alpha value is -4.17. The van der Waals surface area contributed by atoms with E-state index in [1.54, 1.807) is 32.1 Å². The predicted octanol–water partition coefficient (Wildman–Crippen LogP) is 4.52. The maximum atomic E-state index is 13.3. The second-order valence-electron chi connectivity index (χ2n) is 8.92. The molecule has 4 rings (SSSR count). The smallest absolute Gasteiger partial charge is 0.238 e. The monoisotopic (exact) mass is 500 g/mol. The predicted molar refractivity (Wildman–Crippen MR) is 147 cm³/mol. The van der Waals surface area contributed by atoms with Gasteiger partial charge in [0, 0.05) is 37.0 Å². The highest BCUT2D eigenvalue weighted by molar-refractivity contribution is 6.24. The van der Waals surface area contributed by atoms with Crippen molar-refractivity contribution in [3.8, 4) is 11.5 Å². The van der Waals surface area contributed by atoms with E-state index in [9.17, 15) is 9.59 Å².